The molecule has 0 amide bonds. The molecule has 2 N–H and O–H groups in total. The van der Waals surface area contributed by atoms with Crippen LogP contribution < -0.4 is 10.6 Å². The van der Waals surface area contributed by atoms with Gasteiger partial charge in [0.25, 0.3) is 0 Å². The molecule has 0 spiro atoms. The molecule has 0 aliphatic heterocycles. The second kappa shape index (κ2) is 7.33. The van der Waals surface area contributed by atoms with E-state index in [4.69, 9.17) is 23.2 Å². The fraction of sp³-hybridized carbons (Fsp3) is 0. The van der Waals surface area contributed by atoms with E-state index < -0.39 is 4.92 Å². The lowest BCUT2D eigenvalue weighted by molar-refractivity contribution is -0.383. The van der Waals surface area contributed by atoms with Gasteiger partial charge in [0.1, 0.15) is 6.33 Å². The topological polar surface area (TPSA) is 93.0 Å². The van der Waals surface area contributed by atoms with Gasteiger partial charge in [-0.3, -0.25) is 10.1 Å². The normalized spacial score (nSPS) is 10.3. The Kier molecular flexibility index (Phi) is 4.97. The summed E-state index contributed by atoms with van der Waals surface area (Å²) in [4.78, 5) is 18.9. The van der Waals surface area contributed by atoms with Crippen molar-refractivity contribution in [1.29, 1.82) is 0 Å². The maximum atomic E-state index is 11.6. The predicted octanol–water partition coefficient (Wildman–Crippen LogP) is 5.18. The zero-order valence-corrected chi connectivity index (χ0v) is 14.1. The Balaban J connectivity index is 1.98. The third kappa shape index (κ3) is 4.14. The van der Waals surface area contributed by atoms with Gasteiger partial charge in [-0.15, -0.1) is 0 Å². The molecule has 3 rings (SSSR count). The molecular formula is C16H11Cl2N5O2. The molecule has 0 radical (unpaired) electrons. The molecule has 9 heteroatoms. The SMILES string of the molecule is O=[N+]([O-])c1c(Nc2cccc(Cl)c2)ncnc1Nc1cccc(Cl)c1. The van der Waals surface area contributed by atoms with Crippen LogP contribution in [-0.4, -0.2) is 14.9 Å². The fourth-order valence-electron chi connectivity index (χ4n) is 2.14. The summed E-state index contributed by atoms with van der Waals surface area (Å²) < 4.78 is 0. The van der Waals surface area contributed by atoms with E-state index in [1.165, 1.54) is 6.33 Å². The van der Waals surface area contributed by atoms with E-state index in [0.29, 0.717) is 21.4 Å². The van der Waals surface area contributed by atoms with E-state index in [2.05, 4.69) is 20.6 Å². The van der Waals surface area contributed by atoms with Crippen molar-refractivity contribution in [2.45, 2.75) is 0 Å². The standard InChI is InChI=1S/C16H11Cl2N5O2/c17-10-3-1-5-12(7-10)21-15-14(23(24)25)16(20-9-19-15)22-13-6-2-4-11(18)8-13/h1-9H,(H2,19,20,21,22). The van der Waals surface area contributed by atoms with Crippen LogP contribution in [-0.2, 0) is 0 Å². The Morgan fingerprint density at radius 3 is 1.76 bits per heavy atom. The van der Waals surface area contributed by atoms with E-state index in [1.54, 1.807) is 48.5 Å². The second-order valence-corrected chi connectivity index (χ2v) is 5.82. The van der Waals surface area contributed by atoms with E-state index >= 15 is 0 Å². The Bertz CT molecular complexity index is 870. The van der Waals surface area contributed by atoms with Gasteiger partial charge in [-0.25, -0.2) is 9.97 Å². The maximum absolute atomic E-state index is 11.6. The largest absolute Gasteiger partial charge is 0.353 e. The number of nitrogens with one attached hydrogen (secondary N) is 2. The van der Waals surface area contributed by atoms with E-state index in [1.807, 2.05) is 0 Å². The number of aromatic nitrogens is 2. The smallest absolute Gasteiger partial charge is 0.334 e. The molecule has 25 heavy (non-hydrogen) atoms. The van der Waals surface area contributed by atoms with Gasteiger partial charge in [-0.05, 0) is 36.4 Å². The van der Waals surface area contributed by atoms with Crippen LogP contribution in [0.4, 0.5) is 28.7 Å². The van der Waals surface area contributed by atoms with Crippen LogP contribution in [0.25, 0.3) is 0 Å². The van der Waals surface area contributed by atoms with Gasteiger partial charge in [-0.2, -0.15) is 0 Å². The highest BCUT2D eigenvalue weighted by molar-refractivity contribution is 6.31. The van der Waals surface area contributed by atoms with Crippen LogP contribution in [0.2, 0.25) is 10.0 Å². The first-order chi connectivity index (χ1) is 12.0. The highest BCUT2D eigenvalue weighted by Crippen LogP contribution is 2.33. The lowest BCUT2D eigenvalue weighted by atomic mass is 10.3. The number of rotatable bonds is 5. The molecule has 1 aromatic heterocycles. The number of anilines is 4. The molecule has 0 saturated carbocycles. The minimum Gasteiger partial charge on any atom is -0.334 e. The lowest BCUT2D eigenvalue weighted by Gasteiger charge is -2.10. The molecule has 7 nitrogen and oxygen atoms in total. The van der Waals surface area contributed by atoms with Crippen LogP contribution in [0.5, 0.6) is 0 Å². The molecule has 0 saturated heterocycles. The number of nitrogens with zero attached hydrogens (tertiary/aromatic N) is 3. The van der Waals surface area contributed by atoms with Crippen molar-refractivity contribution in [3.63, 3.8) is 0 Å². The average molecular weight is 376 g/mol. The summed E-state index contributed by atoms with van der Waals surface area (Å²) in [6, 6.07) is 13.6. The van der Waals surface area contributed by atoms with E-state index in [0.717, 1.165) is 0 Å². The minimum absolute atomic E-state index is 0.0480. The third-order valence-electron chi connectivity index (χ3n) is 3.18. The first-order valence-corrected chi connectivity index (χ1v) is 7.83. The minimum atomic E-state index is -0.556. The second-order valence-electron chi connectivity index (χ2n) is 4.95. The van der Waals surface area contributed by atoms with Crippen molar-refractivity contribution < 1.29 is 4.92 Å². The van der Waals surface area contributed by atoms with Gasteiger partial charge in [0.2, 0.25) is 11.6 Å². The Labute approximate surface area is 152 Å². The molecule has 3 aromatic rings. The number of nitro groups is 1. The van der Waals surface area contributed by atoms with Crippen LogP contribution in [0.3, 0.4) is 0 Å². The summed E-state index contributed by atoms with van der Waals surface area (Å²) >= 11 is 11.9. The molecule has 0 unspecified atom stereocenters. The van der Waals surface area contributed by atoms with E-state index in [-0.39, 0.29) is 17.3 Å². The summed E-state index contributed by atoms with van der Waals surface area (Å²) in [5.41, 5.74) is 0.855. The zero-order valence-electron chi connectivity index (χ0n) is 12.6. The van der Waals surface area contributed by atoms with Crippen LogP contribution in [0.15, 0.2) is 54.9 Å². The summed E-state index contributed by atoms with van der Waals surface area (Å²) in [7, 11) is 0. The zero-order chi connectivity index (χ0) is 17.8. The molecule has 0 fully saturated rings. The number of hydrogen-bond acceptors (Lipinski definition) is 6. The van der Waals surface area contributed by atoms with Crippen LogP contribution >= 0.6 is 23.2 Å². The first-order valence-electron chi connectivity index (χ1n) is 7.07. The molecule has 2 aromatic carbocycles. The van der Waals surface area contributed by atoms with Gasteiger partial charge in [0.05, 0.1) is 4.92 Å². The summed E-state index contributed by atoms with van der Waals surface area (Å²) in [6.07, 6.45) is 1.23. The quantitative estimate of drug-likeness (QED) is 0.471. The highest BCUT2D eigenvalue weighted by Gasteiger charge is 2.23. The number of benzene rings is 2. The van der Waals surface area contributed by atoms with Gasteiger partial charge in [0, 0.05) is 21.4 Å². The predicted molar refractivity (Wildman–Crippen MR) is 98.2 cm³/mol. The molecule has 0 aliphatic rings. The van der Waals surface area contributed by atoms with Gasteiger partial charge in [-0.1, -0.05) is 35.3 Å². The van der Waals surface area contributed by atoms with Crippen LogP contribution in [0.1, 0.15) is 0 Å². The fourth-order valence-corrected chi connectivity index (χ4v) is 2.52. The Morgan fingerprint density at radius 2 is 1.36 bits per heavy atom. The van der Waals surface area contributed by atoms with Gasteiger partial charge in [0.15, 0.2) is 0 Å². The Morgan fingerprint density at radius 1 is 0.880 bits per heavy atom. The average Bonchev–Trinajstić information content (AvgIpc) is 2.55. The number of halogens is 2. The van der Waals surface area contributed by atoms with Crippen molar-refractivity contribution in [1.82, 2.24) is 9.97 Å². The van der Waals surface area contributed by atoms with Crippen molar-refractivity contribution in [3.05, 3.63) is 75.0 Å². The van der Waals surface area contributed by atoms with Crippen molar-refractivity contribution >= 4 is 51.9 Å². The molecule has 0 bridgehead atoms. The summed E-state index contributed by atoms with van der Waals surface area (Å²) in [6.45, 7) is 0. The number of hydrogen-bond donors (Lipinski definition) is 2. The van der Waals surface area contributed by atoms with Crippen LogP contribution in [0, 0.1) is 10.1 Å². The maximum Gasteiger partial charge on any atom is 0.353 e. The van der Waals surface area contributed by atoms with Gasteiger partial charge < -0.3 is 10.6 Å². The Hall–Kier alpha value is -2.90. The summed E-state index contributed by atoms with van der Waals surface area (Å²) in [5, 5.41) is 18.3. The van der Waals surface area contributed by atoms with Crippen molar-refractivity contribution in [3.8, 4) is 0 Å². The molecule has 1 heterocycles. The first kappa shape index (κ1) is 16.9. The van der Waals surface area contributed by atoms with Crippen molar-refractivity contribution in [2.24, 2.45) is 0 Å². The van der Waals surface area contributed by atoms with Crippen molar-refractivity contribution in [2.75, 3.05) is 10.6 Å². The lowest BCUT2D eigenvalue weighted by Crippen LogP contribution is -2.05. The monoisotopic (exact) mass is 375 g/mol. The molecule has 0 aliphatic carbocycles. The molecular weight excluding hydrogens is 365 g/mol. The van der Waals surface area contributed by atoms with Gasteiger partial charge >= 0.3 is 5.69 Å². The van der Waals surface area contributed by atoms with E-state index in [9.17, 15) is 10.1 Å². The highest BCUT2D eigenvalue weighted by atomic mass is 35.5. The molecule has 126 valence electrons. The molecule has 0 atom stereocenters. The summed E-state index contributed by atoms with van der Waals surface area (Å²) in [5.74, 6) is 0.0959. The third-order valence-corrected chi connectivity index (χ3v) is 3.65.